The fraction of sp³-hybridized carbons (Fsp3) is 0.278. The molecule has 2 N–H and O–H groups in total. The number of nitro groups is 1. The summed E-state index contributed by atoms with van der Waals surface area (Å²) in [5, 5.41) is 20.1. The van der Waals surface area contributed by atoms with Gasteiger partial charge in [0.2, 0.25) is 10.0 Å². The minimum Gasteiger partial charge on any atom is -0.289 e. The molecule has 9 nitrogen and oxygen atoms in total. The van der Waals surface area contributed by atoms with E-state index in [4.69, 9.17) is 5.21 Å². The van der Waals surface area contributed by atoms with Gasteiger partial charge in [0.25, 0.3) is 11.6 Å². The molecule has 2 aromatic rings. The normalized spacial score (nSPS) is 12.8. The average molecular weight is 407 g/mol. The highest BCUT2D eigenvalue weighted by Gasteiger charge is 2.38. The van der Waals surface area contributed by atoms with Gasteiger partial charge in [-0.25, -0.2) is 13.9 Å². The van der Waals surface area contributed by atoms with E-state index in [2.05, 4.69) is 0 Å². The molecule has 28 heavy (non-hydrogen) atoms. The topological polar surface area (TPSA) is 130 Å². The predicted molar refractivity (Wildman–Crippen MR) is 101 cm³/mol. The van der Waals surface area contributed by atoms with Crippen molar-refractivity contribution in [1.29, 1.82) is 0 Å². The van der Waals surface area contributed by atoms with Crippen LogP contribution in [0.2, 0.25) is 0 Å². The lowest BCUT2D eigenvalue weighted by atomic mass is 10.0. The summed E-state index contributed by atoms with van der Waals surface area (Å²) in [6.45, 7) is 3.13. The van der Waals surface area contributed by atoms with Gasteiger partial charge < -0.3 is 0 Å². The van der Waals surface area contributed by atoms with Crippen molar-refractivity contribution < 1.29 is 23.3 Å². The van der Waals surface area contributed by atoms with Crippen LogP contribution in [0.15, 0.2) is 59.5 Å². The van der Waals surface area contributed by atoms with Crippen LogP contribution in [0.3, 0.4) is 0 Å². The zero-order valence-corrected chi connectivity index (χ0v) is 16.2. The van der Waals surface area contributed by atoms with Crippen molar-refractivity contribution in [3.05, 3.63) is 70.3 Å². The van der Waals surface area contributed by atoms with Crippen LogP contribution >= 0.6 is 0 Å². The van der Waals surface area contributed by atoms with Crippen molar-refractivity contribution >= 4 is 21.6 Å². The van der Waals surface area contributed by atoms with Gasteiger partial charge in [0.15, 0.2) is 0 Å². The van der Waals surface area contributed by atoms with Gasteiger partial charge in [0, 0.05) is 18.7 Å². The van der Waals surface area contributed by atoms with E-state index in [0.29, 0.717) is 5.56 Å². The molecule has 0 radical (unpaired) electrons. The van der Waals surface area contributed by atoms with E-state index in [1.54, 1.807) is 44.2 Å². The second-order valence-electron chi connectivity index (χ2n) is 6.46. The Morgan fingerprint density at radius 1 is 1.18 bits per heavy atom. The number of sulfonamides is 1. The molecule has 10 heteroatoms. The van der Waals surface area contributed by atoms with Crippen molar-refractivity contribution in [3.8, 4) is 0 Å². The second-order valence-corrected chi connectivity index (χ2v) is 8.35. The Labute approximate surface area is 162 Å². The number of rotatable bonds is 8. The maximum Gasteiger partial charge on any atom is 0.270 e. The van der Waals surface area contributed by atoms with Crippen molar-refractivity contribution in [2.45, 2.75) is 31.3 Å². The van der Waals surface area contributed by atoms with Crippen LogP contribution in [0.25, 0.3) is 0 Å². The van der Waals surface area contributed by atoms with Crippen LogP contribution in [-0.4, -0.2) is 34.8 Å². The molecular weight excluding hydrogens is 386 g/mol. The van der Waals surface area contributed by atoms with Crippen LogP contribution in [-0.2, 0) is 21.4 Å². The molecule has 2 rings (SSSR count). The van der Waals surface area contributed by atoms with Crippen LogP contribution < -0.4 is 5.48 Å². The summed E-state index contributed by atoms with van der Waals surface area (Å²) in [5.74, 6) is -1.37. The fourth-order valence-corrected chi connectivity index (χ4v) is 4.57. The number of nitrogens with one attached hydrogen (secondary N) is 1. The molecule has 0 aliphatic carbocycles. The van der Waals surface area contributed by atoms with Gasteiger partial charge in [-0.2, -0.15) is 4.31 Å². The molecule has 1 atom stereocenters. The molecule has 0 aliphatic heterocycles. The Balaban J connectivity index is 2.60. The summed E-state index contributed by atoms with van der Waals surface area (Å²) in [4.78, 5) is 22.3. The number of non-ortho nitro benzene ring substituents is 1. The molecule has 0 aliphatic rings. The summed E-state index contributed by atoms with van der Waals surface area (Å²) >= 11 is 0. The monoisotopic (exact) mass is 407 g/mol. The van der Waals surface area contributed by atoms with Crippen LogP contribution in [0, 0.1) is 16.0 Å². The zero-order chi connectivity index (χ0) is 20.9. The number of hydrogen-bond donors (Lipinski definition) is 2. The number of amides is 1. The van der Waals surface area contributed by atoms with E-state index in [9.17, 15) is 23.3 Å². The summed E-state index contributed by atoms with van der Waals surface area (Å²) in [6, 6.07) is 12.0. The first-order valence-electron chi connectivity index (χ1n) is 8.42. The third-order valence-corrected chi connectivity index (χ3v) is 5.96. The van der Waals surface area contributed by atoms with Crippen LogP contribution in [0.4, 0.5) is 5.69 Å². The van der Waals surface area contributed by atoms with E-state index < -0.39 is 32.8 Å². The van der Waals surface area contributed by atoms with Crippen molar-refractivity contribution in [1.82, 2.24) is 9.79 Å². The number of carbonyl (C=O) groups excluding carboxylic acids is 1. The van der Waals surface area contributed by atoms with E-state index in [0.717, 1.165) is 10.4 Å². The van der Waals surface area contributed by atoms with Gasteiger partial charge in [0.1, 0.15) is 6.04 Å². The van der Waals surface area contributed by atoms with Crippen molar-refractivity contribution in [2.75, 3.05) is 0 Å². The quantitative estimate of drug-likeness (QED) is 0.392. The summed E-state index contributed by atoms with van der Waals surface area (Å²) in [6.07, 6.45) is 0. The van der Waals surface area contributed by atoms with Crippen molar-refractivity contribution in [3.63, 3.8) is 0 Å². The number of benzene rings is 2. The second kappa shape index (κ2) is 8.91. The highest BCUT2D eigenvalue weighted by molar-refractivity contribution is 7.89. The van der Waals surface area contributed by atoms with Gasteiger partial charge >= 0.3 is 0 Å². The number of nitrogens with zero attached hydrogens (tertiary/aromatic N) is 2. The van der Waals surface area contributed by atoms with Gasteiger partial charge in [-0.05, 0) is 17.5 Å². The molecule has 0 heterocycles. The molecule has 1 amide bonds. The number of hydroxylamine groups is 1. The van der Waals surface area contributed by atoms with Gasteiger partial charge in [-0.15, -0.1) is 0 Å². The lowest BCUT2D eigenvalue weighted by Crippen LogP contribution is -2.51. The molecule has 0 spiro atoms. The first kappa shape index (κ1) is 21.5. The standard InChI is InChI=1S/C18H21N3O6S/c1-13(2)17(18(22)19-23)20(12-14-7-4-3-5-8-14)28(26,27)16-10-6-9-15(11-16)21(24)25/h3-11,13,17,23H,12H2,1-2H3,(H,19,22)/t17-/m0/s1. The van der Waals surface area contributed by atoms with Gasteiger partial charge in [-0.3, -0.25) is 20.1 Å². The number of nitro benzene ring substituents is 1. The molecule has 0 saturated heterocycles. The Morgan fingerprint density at radius 3 is 2.36 bits per heavy atom. The lowest BCUT2D eigenvalue weighted by Gasteiger charge is -2.32. The Kier molecular flexibility index (Phi) is 6.84. The molecule has 0 fully saturated rings. The van der Waals surface area contributed by atoms with E-state index >= 15 is 0 Å². The first-order chi connectivity index (χ1) is 13.2. The van der Waals surface area contributed by atoms with Crippen LogP contribution in [0.1, 0.15) is 19.4 Å². The molecular formula is C18H21N3O6S. The minimum absolute atomic E-state index is 0.151. The average Bonchev–Trinajstić information content (AvgIpc) is 2.67. The zero-order valence-electron chi connectivity index (χ0n) is 15.3. The van der Waals surface area contributed by atoms with Gasteiger partial charge in [-0.1, -0.05) is 50.2 Å². The molecule has 0 unspecified atom stereocenters. The summed E-state index contributed by atoms with van der Waals surface area (Å²) < 4.78 is 27.6. The molecule has 150 valence electrons. The maximum atomic E-state index is 13.3. The third-order valence-electron chi connectivity index (χ3n) is 4.14. The SMILES string of the molecule is CC(C)[C@@H](C(=O)NO)N(Cc1ccccc1)S(=O)(=O)c1cccc([N+](=O)[O-])c1. The van der Waals surface area contributed by atoms with E-state index in [1.807, 2.05) is 0 Å². The van der Waals surface area contributed by atoms with Gasteiger partial charge in [0.05, 0.1) is 9.82 Å². The smallest absolute Gasteiger partial charge is 0.270 e. The van der Waals surface area contributed by atoms with Crippen molar-refractivity contribution in [2.24, 2.45) is 5.92 Å². The number of carbonyl (C=O) groups is 1. The highest BCUT2D eigenvalue weighted by Crippen LogP contribution is 2.27. The molecule has 0 saturated carbocycles. The Bertz CT molecular complexity index is 947. The lowest BCUT2D eigenvalue weighted by molar-refractivity contribution is -0.385. The van der Waals surface area contributed by atoms with E-state index in [-0.39, 0.29) is 17.1 Å². The fourth-order valence-electron chi connectivity index (χ4n) is 2.82. The largest absolute Gasteiger partial charge is 0.289 e. The minimum atomic E-state index is -4.30. The highest BCUT2D eigenvalue weighted by atomic mass is 32.2. The first-order valence-corrected chi connectivity index (χ1v) is 9.86. The maximum absolute atomic E-state index is 13.3. The Morgan fingerprint density at radius 2 is 1.82 bits per heavy atom. The number of hydrogen-bond acceptors (Lipinski definition) is 6. The predicted octanol–water partition coefficient (Wildman–Crippen LogP) is 2.32. The third kappa shape index (κ3) is 4.71. The summed E-state index contributed by atoms with van der Waals surface area (Å²) in [5.41, 5.74) is 1.75. The molecule has 0 bridgehead atoms. The summed E-state index contributed by atoms with van der Waals surface area (Å²) in [7, 11) is -4.30. The van der Waals surface area contributed by atoms with Crippen LogP contribution in [0.5, 0.6) is 0 Å². The molecule has 2 aromatic carbocycles. The Hall–Kier alpha value is -2.82. The molecule has 0 aromatic heterocycles. The van der Waals surface area contributed by atoms with E-state index in [1.165, 1.54) is 23.7 Å².